The van der Waals surface area contributed by atoms with Crippen LogP contribution in [0.5, 0.6) is 0 Å². The molecule has 0 saturated carbocycles. The molecule has 0 bridgehead atoms. The first-order valence-electron chi connectivity index (χ1n) is 11.4. The van der Waals surface area contributed by atoms with Crippen molar-refractivity contribution in [2.45, 2.75) is 44.1 Å². The number of hydrogen-bond donors (Lipinski definition) is 1. The van der Waals surface area contributed by atoms with Crippen molar-refractivity contribution in [2.24, 2.45) is 0 Å². The van der Waals surface area contributed by atoms with Crippen molar-refractivity contribution in [3.63, 3.8) is 0 Å². The summed E-state index contributed by atoms with van der Waals surface area (Å²) in [5.41, 5.74) is 2.85. The van der Waals surface area contributed by atoms with Crippen molar-refractivity contribution in [1.82, 2.24) is 25.0 Å². The highest BCUT2D eigenvalue weighted by atomic mass is 32.2. The third kappa shape index (κ3) is 5.56. The molecule has 8 heteroatoms. The lowest BCUT2D eigenvalue weighted by Crippen LogP contribution is -2.32. The van der Waals surface area contributed by atoms with E-state index in [1.54, 1.807) is 6.08 Å². The Kier molecular flexibility index (Phi) is 7.80. The van der Waals surface area contributed by atoms with E-state index in [2.05, 4.69) is 22.1 Å². The fraction of sp³-hybridized carbons (Fsp3) is 0.308. The van der Waals surface area contributed by atoms with Gasteiger partial charge in [0.1, 0.15) is 0 Å². The first kappa shape index (κ1) is 23.8. The van der Waals surface area contributed by atoms with Gasteiger partial charge in [-0.3, -0.25) is 9.59 Å². The minimum absolute atomic E-state index is 0.00476. The molecule has 2 aromatic carbocycles. The summed E-state index contributed by atoms with van der Waals surface area (Å²) in [5.74, 6) is 0.912. The zero-order valence-electron chi connectivity index (χ0n) is 19.3. The van der Waals surface area contributed by atoms with Gasteiger partial charge in [0.2, 0.25) is 5.91 Å². The number of rotatable bonds is 9. The number of thioether (sulfide) groups is 1. The molecule has 0 radical (unpaired) electrons. The lowest BCUT2D eigenvalue weighted by molar-refractivity contribution is -0.118. The Morgan fingerprint density at radius 3 is 2.65 bits per heavy atom. The van der Waals surface area contributed by atoms with Crippen LogP contribution in [0.1, 0.15) is 46.2 Å². The van der Waals surface area contributed by atoms with Gasteiger partial charge in [-0.15, -0.1) is 16.8 Å². The van der Waals surface area contributed by atoms with Gasteiger partial charge < -0.3 is 14.8 Å². The summed E-state index contributed by atoms with van der Waals surface area (Å²) >= 11 is 1.34. The predicted molar refractivity (Wildman–Crippen MR) is 133 cm³/mol. The molecule has 7 nitrogen and oxygen atoms in total. The highest BCUT2D eigenvalue weighted by Gasteiger charge is 2.34. The smallest absolute Gasteiger partial charge is 0.254 e. The minimum atomic E-state index is -0.150. The van der Waals surface area contributed by atoms with Crippen LogP contribution in [0.3, 0.4) is 0 Å². The van der Waals surface area contributed by atoms with Gasteiger partial charge in [-0.1, -0.05) is 65.9 Å². The average Bonchev–Trinajstić information content (AvgIpc) is 3.49. The number of likely N-dealkylation sites (tertiary alicyclic amines) is 1. The molecule has 1 fully saturated rings. The van der Waals surface area contributed by atoms with E-state index in [9.17, 15) is 9.59 Å². The van der Waals surface area contributed by atoms with E-state index in [1.807, 2.05) is 71.0 Å². The zero-order valence-corrected chi connectivity index (χ0v) is 20.1. The van der Waals surface area contributed by atoms with Crippen LogP contribution in [-0.2, 0) is 17.9 Å². The first-order valence-corrected chi connectivity index (χ1v) is 12.4. The fourth-order valence-corrected chi connectivity index (χ4v) is 4.86. The molecule has 34 heavy (non-hydrogen) atoms. The molecule has 0 aliphatic carbocycles. The number of carbonyl (C=O) groups is 2. The standard InChI is InChI=1S/C26H29N5O2S/c1-3-15-31-24(22-10-7-16-30(22)25(33)21-13-11-19(2)12-14-21)28-29-26(31)34-18-23(32)27-17-20-8-5-4-6-9-20/h3-6,8-9,11-14,22H,1,7,10,15-18H2,2H3,(H,27,32). The van der Waals surface area contributed by atoms with Gasteiger partial charge in [0.25, 0.3) is 5.91 Å². The lowest BCUT2D eigenvalue weighted by atomic mass is 10.1. The maximum absolute atomic E-state index is 13.2. The molecule has 0 spiro atoms. The number of aryl methyl sites for hydroxylation is 1. The summed E-state index contributed by atoms with van der Waals surface area (Å²) in [7, 11) is 0. The Hall–Kier alpha value is -3.39. The van der Waals surface area contributed by atoms with Crippen LogP contribution in [0.2, 0.25) is 0 Å². The van der Waals surface area contributed by atoms with E-state index in [4.69, 9.17) is 0 Å². The zero-order chi connectivity index (χ0) is 23.9. The van der Waals surface area contributed by atoms with E-state index in [1.165, 1.54) is 11.8 Å². The molecule has 1 aliphatic heterocycles. The highest BCUT2D eigenvalue weighted by Crippen LogP contribution is 2.34. The van der Waals surface area contributed by atoms with Crippen molar-refractivity contribution >= 4 is 23.6 Å². The van der Waals surface area contributed by atoms with Crippen molar-refractivity contribution in [3.05, 3.63) is 89.8 Å². The van der Waals surface area contributed by atoms with Crippen molar-refractivity contribution in [1.29, 1.82) is 0 Å². The number of nitrogens with zero attached hydrogens (tertiary/aromatic N) is 4. The van der Waals surface area contributed by atoms with Crippen LogP contribution in [0, 0.1) is 6.92 Å². The molecule has 1 aliphatic rings. The Bertz CT molecular complexity index is 1140. The van der Waals surface area contributed by atoms with E-state index < -0.39 is 0 Å². The average molecular weight is 476 g/mol. The second kappa shape index (κ2) is 11.2. The molecule has 2 heterocycles. The van der Waals surface area contributed by atoms with E-state index in [0.29, 0.717) is 30.4 Å². The molecule has 176 valence electrons. The Labute approximate surface area is 204 Å². The number of hydrogen-bond acceptors (Lipinski definition) is 5. The molecule has 1 unspecified atom stereocenters. The number of aromatic nitrogens is 3. The quantitative estimate of drug-likeness (QED) is 0.371. The molecular weight excluding hydrogens is 446 g/mol. The minimum Gasteiger partial charge on any atom is -0.351 e. The van der Waals surface area contributed by atoms with Gasteiger partial charge in [0.15, 0.2) is 11.0 Å². The summed E-state index contributed by atoms with van der Waals surface area (Å²) in [4.78, 5) is 27.5. The maximum atomic E-state index is 13.2. The molecule has 1 saturated heterocycles. The third-order valence-corrected chi connectivity index (χ3v) is 6.80. The van der Waals surface area contributed by atoms with Gasteiger partial charge in [-0.2, -0.15) is 0 Å². The summed E-state index contributed by atoms with van der Waals surface area (Å²) in [6.07, 6.45) is 3.52. The van der Waals surface area contributed by atoms with E-state index >= 15 is 0 Å². The Balaban J connectivity index is 1.44. The Morgan fingerprint density at radius 1 is 1.15 bits per heavy atom. The van der Waals surface area contributed by atoms with Crippen LogP contribution in [0.15, 0.2) is 72.4 Å². The molecule has 1 atom stereocenters. The van der Waals surface area contributed by atoms with Crippen LogP contribution < -0.4 is 5.32 Å². The van der Waals surface area contributed by atoms with E-state index in [0.717, 1.165) is 29.8 Å². The molecule has 2 amide bonds. The van der Waals surface area contributed by atoms with Crippen molar-refractivity contribution in [2.75, 3.05) is 12.3 Å². The number of amides is 2. The summed E-state index contributed by atoms with van der Waals surface area (Å²) in [5, 5.41) is 12.4. The van der Waals surface area contributed by atoms with Crippen LogP contribution in [0.25, 0.3) is 0 Å². The molecule has 3 aromatic rings. The predicted octanol–water partition coefficient (Wildman–Crippen LogP) is 4.16. The van der Waals surface area contributed by atoms with Crippen molar-refractivity contribution < 1.29 is 9.59 Å². The number of benzene rings is 2. The largest absolute Gasteiger partial charge is 0.351 e. The second-order valence-corrected chi connectivity index (χ2v) is 9.26. The summed E-state index contributed by atoms with van der Waals surface area (Å²) in [6, 6.07) is 17.3. The molecule has 1 aromatic heterocycles. The lowest BCUT2D eigenvalue weighted by Gasteiger charge is -2.24. The van der Waals surface area contributed by atoms with Crippen LogP contribution >= 0.6 is 11.8 Å². The van der Waals surface area contributed by atoms with Gasteiger partial charge in [0, 0.05) is 25.2 Å². The molecule has 4 rings (SSSR count). The summed E-state index contributed by atoms with van der Waals surface area (Å²) < 4.78 is 1.97. The summed E-state index contributed by atoms with van der Waals surface area (Å²) in [6.45, 7) is 7.56. The third-order valence-electron chi connectivity index (χ3n) is 5.83. The number of allylic oxidation sites excluding steroid dienone is 1. The first-order chi connectivity index (χ1) is 16.6. The number of nitrogens with one attached hydrogen (secondary N) is 1. The topological polar surface area (TPSA) is 80.1 Å². The Morgan fingerprint density at radius 2 is 1.91 bits per heavy atom. The van der Waals surface area contributed by atoms with Crippen LogP contribution in [0.4, 0.5) is 0 Å². The second-order valence-electron chi connectivity index (χ2n) is 8.31. The van der Waals surface area contributed by atoms with Gasteiger partial charge in [0.05, 0.1) is 11.8 Å². The molecule has 1 N–H and O–H groups in total. The molecular formula is C26H29N5O2S. The van der Waals surface area contributed by atoms with Crippen molar-refractivity contribution in [3.8, 4) is 0 Å². The van der Waals surface area contributed by atoms with E-state index in [-0.39, 0.29) is 23.6 Å². The monoisotopic (exact) mass is 475 g/mol. The van der Waals surface area contributed by atoms with Gasteiger partial charge in [-0.05, 0) is 37.5 Å². The van der Waals surface area contributed by atoms with Gasteiger partial charge in [-0.25, -0.2) is 0 Å². The normalized spacial score (nSPS) is 15.3. The fourth-order valence-electron chi connectivity index (χ4n) is 4.07. The SMILES string of the molecule is C=CCn1c(SCC(=O)NCc2ccccc2)nnc1C1CCCN1C(=O)c1ccc(C)cc1. The van der Waals surface area contributed by atoms with Crippen LogP contribution in [-0.4, -0.2) is 43.8 Å². The maximum Gasteiger partial charge on any atom is 0.254 e. The van der Waals surface area contributed by atoms with Gasteiger partial charge >= 0.3 is 0 Å². The highest BCUT2D eigenvalue weighted by molar-refractivity contribution is 7.99. The number of carbonyl (C=O) groups excluding carboxylic acids is 2.